The van der Waals surface area contributed by atoms with Gasteiger partial charge in [0.25, 0.3) is 0 Å². The molecule has 1 saturated carbocycles. The molecule has 0 spiro atoms. The van der Waals surface area contributed by atoms with Crippen molar-refractivity contribution in [3.63, 3.8) is 0 Å². The van der Waals surface area contributed by atoms with Gasteiger partial charge in [0.05, 0.1) is 19.3 Å². The summed E-state index contributed by atoms with van der Waals surface area (Å²) in [7, 11) is 0. The van der Waals surface area contributed by atoms with Crippen molar-refractivity contribution in [2.45, 2.75) is 38.1 Å². The lowest BCUT2D eigenvalue weighted by atomic mass is 9.88. The molecule has 1 aromatic rings. The summed E-state index contributed by atoms with van der Waals surface area (Å²) >= 11 is 0. The summed E-state index contributed by atoms with van der Waals surface area (Å²) in [6.07, 6.45) is 11.9. The number of nitrogens with zero attached hydrogens (tertiary/aromatic N) is 1. The molecule has 1 aliphatic carbocycles. The van der Waals surface area contributed by atoms with E-state index in [1.165, 1.54) is 37.7 Å². The summed E-state index contributed by atoms with van der Waals surface area (Å²) in [6, 6.07) is 11.3. The van der Waals surface area contributed by atoms with Crippen LogP contribution in [0.3, 0.4) is 0 Å². The lowest BCUT2D eigenvalue weighted by Gasteiger charge is -2.33. The van der Waals surface area contributed by atoms with Crippen LogP contribution in [0.4, 0.5) is 0 Å². The van der Waals surface area contributed by atoms with Crippen molar-refractivity contribution in [2.24, 2.45) is 5.92 Å². The molecule has 1 aliphatic heterocycles. The van der Waals surface area contributed by atoms with Crippen LogP contribution in [-0.4, -0.2) is 31.2 Å². The summed E-state index contributed by atoms with van der Waals surface area (Å²) in [5.74, 6) is 0.797. The van der Waals surface area contributed by atoms with Gasteiger partial charge < -0.3 is 4.74 Å². The Kier molecular flexibility index (Phi) is 5.47. The molecule has 1 saturated heterocycles. The van der Waals surface area contributed by atoms with Gasteiger partial charge in [-0.15, -0.1) is 0 Å². The summed E-state index contributed by atoms with van der Waals surface area (Å²) in [5.41, 5.74) is 1.41. The fourth-order valence-corrected chi connectivity index (χ4v) is 3.54. The molecule has 2 fully saturated rings. The molecule has 21 heavy (non-hydrogen) atoms. The Morgan fingerprint density at radius 1 is 1.00 bits per heavy atom. The third-order valence-electron chi connectivity index (χ3n) is 4.80. The average molecular weight is 285 g/mol. The highest BCUT2D eigenvalue weighted by Crippen LogP contribution is 2.28. The van der Waals surface area contributed by atoms with Gasteiger partial charge in [-0.05, 0) is 24.3 Å². The van der Waals surface area contributed by atoms with Gasteiger partial charge in [0.2, 0.25) is 0 Å². The molecular formula is C19H27NO. The van der Waals surface area contributed by atoms with E-state index in [0.29, 0.717) is 6.04 Å². The zero-order chi connectivity index (χ0) is 14.3. The van der Waals surface area contributed by atoms with E-state index in [-0.39, 0.29) is 0 Å². The molecule has 0 radical (unpaired) electrons. The van der Waals surface area contributed by atoms with E-state index in [4.69, 9.17) is 4.74 Å². The predicted molar refractivity (Wildman–Crippen MR) is 87.3 cm³/mol. The van der Waals surface area contributed by atoms with Gasteiger partial charge in [-0.2, -0.15) is 0 Å². The van der Waals surface area contributed by atoms with Crippen molar-refractivity contribution in [1.82, 2.24) is 4.90 Å². The first-order chi connectivity index (χ1) is 10.4. The van der Waals surface area contributed by atoms with Crippen LogP contribution in [-0.2, 0) is 4.74 Å². The molecule has 2 nitrogen and oxygen atoms in total. The van der Waals surface area contributed by atoms with Crippen molar-refractivity contribution in [3.05, 3.63) is 48.0 Å². The van der Waals surface area contributed by atoms with Crippen LogP contribution >= 0.6 is 0 Å². The molecule has 0 N–H and O–H groups in total. The lowest BCUT2D eigenvalue weighted by Crippen LogP contribution is -2.38. The van der Waals surface area contributed by atoms with Crippen molar-refractivity contribution in [3.8, 4) is 0 Å². The average Bonchev–Trinajstić information content (AvgIpc) is 2.58. The second-order valence-electron chi connectivity index (χ2n) is 6.29. The van der Waals surface area contributed by atoms with Gasteiger partial charge in [0, 0.05) is 13.1 Å². The Bertz CT molecular complexity index is 430. The van der Waals surface area contributed by atoms with Gasteiger partial charge in [-0.3, -0.25) is 4.90 Å². The van der Waals surface area contributed by atoms with Gasteiger partial charge in [0.15, 0.2) is 0 Å². The Balaban J connectivity index is 1.73. The molecule has 2 aliphatic rings. The third-order valence-corrected chi connectivity index (χ3v) is 4.80. The molecule has 3 rings (SSSR count). The highest BCUT2D eigenvalue weighted by atomic mass is 16.5. The van der Waals surface area contributed by atoms with Crippen LogP contribution < -0.4 is 0 Å². The van der Waals surface area contributed by atoms with Gasteiger partial charge in [-0.1, -0.05) is 61.7 Å². The monoisotopic (exact) mass is 285 g/mol. The van der Waals surface area contributed by atoms with E-state index in [1.54, 1.807) is 0 Å². The molecule has 0 amide bonds. The molecule has 2 heteroatoms. The number of hydrogen-bond acceptors (Lipinski definition) is 2. The SMILES string of the molecule is C(=C\C(c1ccccc1)N1CCOCC1)/C1CCCCC1. The molecule has 1 heterocycles. The van der Waals surface area contributed by atoms with Crippen molar-refractivity contribution >= 4 is 0 Å². The number of benzene rings is 1. The molecule has 114 valence electrons. The molecule has 0 aromatic heterocycles. The smallest absolute Gasteiger partial charge is 0.0594 e. The van der Waals surface area contributed by atoms with E-state index < -0.39 is 0 Å². The van der Waals surface area contributed by atoms with Crippen LogP contribution in [0.5, 0.6) is 0 Å². The van der Waals surface area contributed by atoms with E-state index >= 15 is 0 Å². The highest BCUT2D eigenvalue weighted by molar-refractivity contribution is 5.23. The fraction of sp³-hybridized carbons (Fsp3) is 0.579. The Morgan fingerprint density at radius 3 is 2.43 bits per heavy atom. The lowest BCUT2D eigenvalue weighted by molar-refractivity contribution is 0.0252. The first-order valence-corrected chi connectivity index (χ1v) is 8.48. The highest BCUT2D eigenvalue weighted by Gasteiger charge is 2.20. The molecule has 1 unspecified atom stereocenters. The first kappa shape index (κ1) is 14.8. The van der Waals surface area contributed by atoms with Crippen molar-refractivity contribution in [1.29, 1.82) is 0 Å². The second kappa shape index (κ2) is 7.77. The zero-order valence-corrected chi connectivity index (χ0v) is 12.9. The van der Waals surface area contributed by atoms with Gasteiger partial charge >= 0.3 is 0 Å². The summed E-state index contributed by atoms with van der Waals surface area (Å²) in [6.45, 7) is 3.80. The van der Waals surface area contributed by atoms with Crippen LogP contribution in [0.2, 0.25) is 0 Å². The normalized spacial score (nSPS) is 23.4. The maximum absolute atomic E-state index is 5.51. The van der Waals surface area contributed by atoms with Crippen molar-refractivity contribution in [2.75, 3.05) is 26.3 Å². The number of hydrogen-bond donors (Lipinski definition) is 0. The van der Waals surface area contributed by atoms with Crippen LogP contribution in [0.1, 0.15) is 43.7 Å². The maximum Gasteiger partial charge on any atom is 0.0594 e. The van der Waals surface area contributed by atoms with Gasteiger partial charge in [0.1, 0.15) is 0 Å². The topological polar surface area (TPSA) is 12.5 Å². The molecule has 1 aromatic carbocycles. The van der Waals surface area contributed by atoms with E-state index in [9.17, 15) is 0 Å². The minimum atomic E-state index is 0.414. The molecular weight excluding hydrogens is 258 g/mol. The standard InChI is InChI=1S/C19H27NO/c1-3-7-17(8-4-1)11-12-19(18-9-5-2-6-10-18)20-13-15-21-16-14-20/h2,5-6,9-12,17,19H,1,3-4,7-8,13-16H2/b12-11+. The molecule has 1 atom stereocenters. The second-order valence-corrected chi connectivity index (χ2v) is 6.29. The van der Waals surface area contributed by atoms with Crippen LogP contribution in [0.15, 0.2) is 42.5 Å². The Morgan fingerprint density at radius 2 is 1.71 bits per heavy atom. The molecule has 0 bridgehead atoms. The number of rotatable bonds is 4. The van der Waals surface area contributed by atoms with E-state index in [2.05, 4.69) is 47.4 Å². The Labute approximate surface area is 128 Å². The largest absolute Gasteiger partial charge is 0.379 e. The maximum atomic E-state index is 5.51. The van der Waals surface area contributed by atoms with E-state index in [1.807, 2.05) is 0 Å². The quantitative estimate of drug-likeness (QED) is 0.769. The predicted octanol–water partition coefficient (Wildman–Crippen LogP) is 4.20. The van der Waals surface area contributed by atoms with E-state index in [0.717, 1.165) is 32.2 Å². The zero-order valence-electron chi connectivity index (χ0n) is 12.9. The summed E-state index contributed by atoms with van der Waals surface area (Å²) < 4.78 is 5.51. The third kappa shape index (κ3) is 4.18. The Hall–Kier alpha value is -1.12. The fourth-order valence-electron chi connectivity index (χ4n) is 3.54. The summed E-state index contributed by atoms with van der Waals surface area (Å²) in [4.78, 5) is 2.55. The number of allylic oxidation sites excluding steroid dienone is 1. The first-order valence-electron chi connectivity index (χ1n) is 8.48. The minimum Gasteiger partial charge on any atom is -0.379 e. The minimum absolute atomic E-state index is 0.414. The number of ether oxygens (including phenoxy) is 1. The van der Waals surface area contributed by atoms with Crippen LogP contribution in [0.25, 0.3) is 0 Å². The summed E-state index contributed by atoms with van der Waals surface area (Å²) in [5, 5.41) is 0. The van der Waals surface area contributed by atoms with Crippen LogP contribution in [0, 0.1) is 5.92 Å². The van der Waals surface area contributed by atoms with Crippen molar-refractivity contribution < 1.29 is 4.74 Å². The number of morpholine rings is 1. The van der Waals surface area contributed by atoms with Gasteiger partial charge in [-0.25, -0.2) is 0 Å².